The van der Waals surface area contributed by atoms with E-state index in [4.69, 9.17) is 4.74 Å². The topological polar surface area (TPSA) is 46.6 Å². The molecular weight excluding hydrogens is 298 g/mol. The third-order valence-corrected chi connectivity index (χ3v) is 5.77. The normalized spacial score (nSPS) is 19.6. The van der Waals surface area contributed by atoms with Gasteiger partial charge in [0.1, 0.15) is 0 Å². The highest BCUT2D eigenvalue weighted by Gasteiger charge is 2.31. The molecule has 1 aliphatic heterocycles. The maximum Gasteiger partial charge on any atom is 0.243 e. The number of hydrogen-bond donors (Lipinski definition) is 0. The molecule has 0 spiro atoms. The Labute approximate surface area is 135 Å². The fraction of sp³-hybridized carbons (Fsp3) is 0.647. The molecule has 1 aromatic rings. The predicted molar refractivity (Wildman–Crippen MR) is 90.7 cm³/mol. The van der Waals surface area contributed by atoms with Crippen molar-refractivity contribution in [2.75, 3.05) is 20.2 Å². The van der Waals surface area contributed by atoms with E-state index in [1.165, 1.54) is 0 Å². The van der Waals surface area contributed by atoms with Crippen LogP contribution >= 0.6 is 0 Å². The molecule has 0 aliphatic carbocycles. The lowest BCUT2D eigenvalue weighted by Gasteiger charge is -2.31. The molecule has 22 heavy (non-hydrogen) atoms. The molecule has 1 unspecified atom stereocenters. The van der Waals surface area contributed by atoms with Gasteiger partial charge in [-0.05, 0) is 30.4 Å². The van der Waals surface area contributed by atoms with Crippen molar-refractivity contribution in [3.05, 3.63) is 29.8 Å². The number of piperidine rings is 1. The maximum absolute atomic E-state index is 12.8. The van der Waals surface area contributed by atoms with Crippen LogP contribution < -0.4 is 0 Å². The number of methoxy groups -OCH3 is 1. The van der Waals surface area contributed by atoms with Crippen LogP contribution in [-0.4, -0.2) is 39.0 Å². The summed E-state index contributed by atoms with van der Waals surface area (Å²) >= 11 is 0. The highest BCUT2D eigenvalue weighted by Crippen LogP contribution is 2.28. The molecule has 0 aromatic heterocycles. The Bertz CT molecular complexity index is 555. The Balaban J connectivity index is 0.00000116. The lowest BCUT2D eigenvalue weighted by Crippen LogP contribution is -2.43. The molecule has 2 rings (SSSR count). The van der Waals surface area contributed by atoms with E-state index < -0.39 is 10.0 Å². The van der Waals surface area contributed by atoms with Crippen LogP contribution in [0.3, 0.4) is 0 Å². The number of rotatable bonds is 4. The maximum atomic E-state index is 12.8. The molecule has 1 aliphatic rings. The summed E-state index contributed by atoms with van der Waals surface area (Å²) in [5, 5.41) is 0. The largest absolute Gasteiger partial charge is 0.380 e. The zero-order valence-electron chi connectivity index (χ0n) is 14.4. The first-order chi connectivity index (χ1) is 10.5. The minimum absolute atomic E-state index is 0.00439. The summed E-state index contributed by atoms with van der Waals surface area (Å²) < 4.78 is 32.6. The molecule has 5 heteroatoms. The van der Waals surface area contributed by atoms with Crippen molar-refractivity contribution in [2.45, 2.75) is 57.5 Å². The van der Waals surface area contributed by atoms with E-state index in [0.717, 1.165) is 18.4 Å². The van der Waals surface area contributed by atoms with Gasteiger partial charge in [0.15, 0.2) is 0 Å². The van der Waals surface area contributed by atoms with Crippen molar-refractivity contribution in [1.29, 1.82) is 0 Å². The van der Waals surface area contributed by atoms with Gasteiger partial charge in [-0.15, -0.1) is 0 Å². The van der Waals surface area contributed by atoms with Crippen LogP contribution in [0.2, 0.25) is 0 Å². The van der Waals surface area contributed by atoms with Gasteiger partial charge < -0.3 is 4.74 Å². The zero-order valence-corrected chi connectivity index (χ0v) is 15.2. The summed E-state index contributed by atoms with van der Waals surface area (Å²) in [6.07, 6.45) is 1.78. The average Bonchev–Trinajstić information content (AvgIpc) is 2.56. The van der Waals surface area contributed by atoms with Crippen LogP contribution in [0.5, 0.6) is 0 Å². The molecule has 126 valence electrons. The molecule has 1 atom stereocenters. The van der Waals surface area contributed by atoms with Gasteiger partial charge in [0, 0.05) is 20.2 Å². The summed E-state index contributed by atoms with van der Waals surface area (Å²) in [5.41, 5.74) is 0.882. The smallest absolute Gasteiger partial charge is 0.243 e. The highest BCUT2D eigenvalue weighted by atomic mass is 32.2. The van der Waals surface area contributed by atoms with E-state index in [0.29, 0.717) is 18.0 Å². The second-order valence-electron chi connectivity index (χ2n) is 5.56. The Morgan fingerprint density at radius 2 is 1.86 bits per heavy atom. The number of hydrogen-bond acceptors (Lipinski definition) is 3. The van der Waals surface area contributed by atoms with Crippen molar-refractivity contribution in [3.8, 4) is 0 Å². The third kappa shape index (κ3) is 4.31. The molecule has 1 heterocycles. The minimum atomic E-state index is -3.43. The van der Waals surface area contributed by atoms with Crippen LogP contribution in [-0.2, 0) is 14.8 Å². The molecule has 0 saturated carbocycles. The molecular formula is C17H29NO3S. The van der Waals surface area contributed by atoms with Gasteiger partial charge in [-0.3, -0.25) is 0 Å². The molecule has 1 fully saturated rings. The molecule has 4 nitrogen and oxygen atoms in total. The zero-order chi connectivity index (χ0) is 16.8. The first-order valence-electron chi connectivity index (χ1n) is 8.08. The van der Waals surface area contributed by atoms with Crippen LogP contribution in [0.15, 0.2) is 29.2 Å². The van der Waals surface area contributed by atoms with Gasteiger partial charge in [-0.1, -0.05) is 45.9 Å². The second kappa shape index (κ2) is 8.65. The quantitative estimate of drug-likeness (QED) is 0.848. The summed E-state index contributed by atoms with van der Waals surface area (Å²) in [5.74, 6) is 0.184. The molecule has 0 amide bonds. The number of benzene rings is 1. The van der Waals surface area contributed by atoms with E-state index in [1.54, 1.807) is 23.5 Å². The van der Waals surface area contributed by atoms with Gasteiger partial charge in [0.2, 0.25) is 10.0 Å². The van der Waals surface area contributed by atoms with E-state index in [1.807, 2.05) is 39.8 Å². The lowest BCUT2D eigenvalue weighted by atomic mass is 10.0. The second-order valence-corrected chi connectivity index (χ2v) is 7.46. The fourth-order valence-corrected chi connectivity index (χ4v) is 4.51. The van der Waals surface area contributed by atoms with Gasteiger partial charge in [0.25, 0.3) is 0 Å². The van der Waals surface area contributed by atoms with E-state index in [-0.39, 0.29) is 12.0 Å². The molecule has 0 bridgehead atoms. The summed E-state index contributed by atoms with van der Waals surface area (Å²) in [7, 11) is -1.79. The van der Waals surface area contributed by atoms with Crippen molar-refractivity contribution in [1.82, 2.24) is 4.31 Å². The van der Waals surface area contributed by atoms with Gasteiger partial charge in [-0.2, -0.15) is 4.31 Å². The Morgan fingerprint density at radius 3 is 2.45 bits per heavy atom. The van der Waals surface area contributed by atoms with Crippen molar-refractivity contribution in [3.63, 3.8) is 0 Å². The monoisotopic (exact) mass is 327 g/mol. The molecule has 1 aromatic carbocycles. The fourth-order valence-electron chi connectivity index (χ4n) is 2.65. The molecule has 1 saturated heterocycles. The average molecular weight is 327 g/mol. The molecule has 0 radical (unpaired) electrons. The van der Waals surface area contributed by atoms with Crippen molar-refractivity contribution in [2.24, 2.45) is 0 Å². The van der Waals surface area contributed by atoms with Gasteiger partial charge in [0.05, 0.1) is 11.0 Å². The first kappa shape index (κ1) is 19.1. The Hall–Kier alpha value is -0.910. The van der Waals surface area contributed by atoms with Gasteiger partial charge >= 0.3 is 0 Å². The summed E-state index contributed by atoms with van der Waals surface area (Å²) in [6, 6.07) is 7.29. The first-order valence-corrected chi connectivity index (χ1v) is 9.52. The van der Waals surface area contributed by atoms with Crippen LogP contribution in [0.25, 0.3) is 0 Å². The van der Waals surface area contributed by atoms with Gasteiger partial charge in [-0.25, -0.2) is 8.42 Å². The highest BCUT2D eigenvalue weighted by molar-refractivity contribution is 7.89. The Morgan fingerprint density at radius 1 is 1.23 bits per heavy atom. The summed E-state index contributed by atoms with van der Waals surface area (Å²) in [4.78, 5) is 0.437. The summed E-state index contributed by atoms with van der Waals surface area (Å²) in [6.45, 7) is 9.06. The standard InChI is InChI=1S/C15H23NO3S.C2H6/c1-12(2)14-8-4-5-9-15(14)20(17,18)16-10-6-7-13(11-16)19-3;1-2/h4-5,8-9,12-13H,6-7,10-11H2,1-3H3;1-2H3. The SMILES string of the molecule is CC.COC1CCCN(S(=O)(=O)c2ccccc2C(C)C)C1. The van der Waals surface area contributed by atoms with E-state index in [9.17, 15) is 8.42 Å². The van der Waals surface area contributed by atoms with Crippen LogP contribution in [0, 0.1) is 0 Å². The third-order valence-electron chi connectivity index (χ3n) is 3.83. The van der Waals surface area contributed by atoms with Crippen molar-refractivity contribution < 1.29 is 13.2 Å². The number of sulfonamides is 1. The van der Waals surface area contributed by atoms with E-state index in [2.05, 4.69) is 0 Å². The van der Waals surface area contributed by atoms with Crippen molar-refractivity contribution >= 4 is 10.0 Å². The predicted octanol–water partition coefficient (Wildman–Crippen LogP) is 3.64. The van der Waals surface area contributed by atoms with Crippen LogP contribution in [0.4, 0.5) is 0 Å². The van der Waals surface area contributed by atoms with Crippen LogP contribution in [0.1, 0.15) is 52.0 Å². The lowest BCUT2D eigenvalue weighted by molar-refractivity contribution is 0.0571. The number of ether oxygens (including phenoxy) is 1. The molecule has 0 N–H and O–H groups in total. The minimum Gasteiger partial charge on any atom is -0.380 e. The Kier molecular flexibility index (Phi) is 7.53. The van der Waals surface area contributed by atoms with E-state index >= 15 is 0 Å². The number of nitrogens with zero attached hydrogens (tertiary/aromatic N) is 1.